The fourth-order valence-corrected chi connectivity index (χ4v) is 4.72. The van der Waals surface area contributed by atoms with E-state index in [1.807, 2.05) is 0 Å². The van der Waals surface area contributed by atoms with E-state index in [0.717, 1.165) is 11.6 Å². The predicted molar refractivity (Wildman–Crippen MR) is 128 cm³/mol. The minimum Gasteiger partial charge on any atom is -0.383 e. The summed E-state index contributed by atoms with van der Waals surface area (Å²) in [6.45, 7) is 1.58. The molecule has 0 spiro atoms. The number of nitrogens with two attached hydrogens (primary N) is 1. The largest absolute Gasteiger partial charge is 0.417 e. The summed E-state index contributed by atoms with van der Waals surface area (Å²) in [4.78, 5) is 15.0. The summed E-state index contributed by atoms with van der Waals surface area (Å²) in [5.41, 5.74) is 6.61. The molecule has 190 valence electrons. The molecule has 0 saturated carbocycles. The number of alkyl halides is 3. The second kappa shape index (κ2) is 11.0. The number of methoxy groups -OCH3 is 1. The molecule has 1 amide bonds. The molecule has 1 aromatic heterocycles. The number of piperidine rings is 1. The van der Waals surface area contributed by atoms with Crippen molar-refractivity contribution >= 4 is 29.2 Å². The predicted octanol–water partition coefficient (Wildman–Crippen LogP) is 5.35. The lowest BCUT2D eigenvalue weighted by molar-refractivity contribution is -0.136. The van der Waals surface area contributed by atoms with Gasteiger partial charge in [0.25, 0.3) is 5.91 Å². The number of ether oxygens (including phenoxy) is 1. The van der Waals surface area contributed by atoms with Crippen molar-refractivity contribution in [2.45, 2.75) is 38.0 Å². The number of amides is 1. The molecule has 0 atom stereocenters. The molecule has 0 unspecified atom stereocenters. The van der Waals surface area contributed by atoms with Gasteiger partial charge in [-0.25, -0.2) is 4.39 Å². The molecule has 1 aliphatic heterocycles. The van der Waals surface area contributed by atoms with Gasteiger partial charge in [-0.05, 0) is 48.1 Å². The Labute approximate surface area is 207 Å². The van der Waals surface area contributed by atoms with Crippen LogP contribution in [0.25, 0.3) is 10.9 Å². The summed E-state index contributed by atoms with van der Waals surface area (Å²) < 4.78 is 62.5. The number of halogens is 5. The third kappa shape index (κ3) is 5.47. The van der Waals surface area contributed by atoms with Crippen LogP contribution in [0.5, 0.6) is 0 Å². The van der Waals surface area contributed by atoms with Crippen LogP contribution in [0, 0.1) is 5.82 Å². The quantitative estimate of drug-likeness (QED) is 0.452. The maximum Gasteiger partial charge on any atom is 0.417 e. The van der Waals surface area contributed by atoms with Gasteiger partial charge in [0, 0.05) is 50.4 Å². The monoisotopic (exact) mass is 513 g/mol. The SMILES string of the molecule is COCCn1cc(C(=O)N2CCC(c3cc(CN)ccc3F)CC2)c2c(C(F)(F)F)cccc21.Cl. The van der Waals surface area contributed by atoms with E-state index >= 15 is 0 Å². The molecule has 2 aromatic carbocycles. The Hall–Kier alpha value is -2.62. The number of rotatable bonds is 6. The van der Waals surface area contributed by atoms with Crippen molar-refractivity contribution in [3.8, 4) is 0 Å². The third-order valence-corrected chi connectivity index (χ3v) is 6.50. The molecule has 2 N–H and O–H groups in total. The van der Waals surface area contributed by atoms with Gasteiger partial charge in [0.1, 0.15) is 5.82 Å². The first-order chi connectivity index (χ1) is 16.2. The van der Waals surface area contributed by atoms with Crippen LogP contribution in [0.2, 0.25) is 0 Å². The maximum atomic E-state index is 14.4. The van der Waals surface area contributed by atoms with E-state index in [1.54, 1.807) is 27.7 Å². The topological polar surface area (TPSA) is 60.5 Å². The Morgan fingerprint density at radius 2 is 1.89 bits per heavy atom. The van der Waals surface area contributed by atoms with Gasteiger partial charge < -0.3 is 19.9 Å². The second-order valence-corrected chi connectivity index (χ2v) is 8.55. The molecule has 0 aliphatic carbocycles. The van der Waals surface area contributed by atoms with E-state index in [9.17, 15) is 22.4 Å². The van der Waals surface area contributed by atoms with Gasteiger partial charge in [0.05, 0.1) is 17.7 Å². The van der Waals surface area contributed by atoms with Gasteiger partial charge in [-0.1, -0.05) is 18.2 Å². The van der Waals surface area contributed by atoms with Gasteiger partial charge in [-0.2, -0.15) is 13.2 Å². The average molecular weight is 514 g/mol. The molecule has 1 fully saturated rings. The van der Waals surface area contributed by atoms with Crippen LogP contribution in [0.4, 0.5) is 17.6 Å². The first-order valence-electron chi connectivity index (χ1n) is 11.2. The number of aromatic nitrogens is 1. The summed E-state index contributed by atoms with van der Waals surface area (Å²) in [7, 11) is 1.51. The fourth-order valence-electron chi connectivity index (χ4n) is 4.72. The standard InChI is InChI=1S/C25H27F4N3O2.ClH/c1-34-12-11-32-15-19(23-20(25(27,28)29)3-2-4-22(23)32)24(33)31-9-7-17(8-10-31)18-13-16(14-30)5-6-21(18)26;/h2-6,13,15,17H,7-12,14,30H2,1H3;1H. The minimum absolute atomic E-state index is 0. The Morgan fingerprint density at radius 1 is 1.17 bits per heavy atom. The summed E-state index contributed by atoms with van der Waals surface area (Å²) in [6, 6.07) is 8.74. The number of hydrogen-bond acceptors (Lipinski definition) is 3. The highest BCUT2D eigenvalue weighted by Gasteiger charge is 2.36. The lowest BCUT2D eigenvalue weighted by Crippen LogP contribution is -2.38. The van der Waals surface area contributed by atoms with Crippen LogP contribution in [-0.2, 0) is 24.0 Å². The van der Waals surface area contributed by atoms with Crippen molar-refractivity contribution < 1.29 is 27.1 Å². The van der Waals surface area contributed by atoms with Crippen LogP contribution >= 0.6 is 12.4 Å². The third-order valence-electron chi connectivity index (χ3n) is 6.50. The maximum absolute atomic E-state index is 14.4. The summed E-state index contributed by atoms with van der Waals surface area (Å²) in [6.07, 6.45) is -2.07. The molecular formula is C25H28ClF4N3O2. The van der Waals surface area contributed by atoms with Crippen molar-refractivity contribution in [2.75, 3.05) is 26.8 Å². The summed E-state index contributed by atoms with van der Waals surface area (Å²) in [5.74, 6) is -0.838. The van der Waals surface area contributed by atoms with E-state index < -0.39 is 17.6 Å². The molecule has 10 heteroatoms. The molecule has 4 rings (SSSR count). The molecule has 1 aliphatic rings. The van der Waals surface area contributed by atoms with Crippen molar-refractivity contribution in [3.05, 3.63) is 70.7 Å². The zero-order valence-electron chi connectivity index (χ0n) is 19.3. The molecule has 5 nitrogen and oxygen atoms in total. The zero-order chi connectivity index (χ0) is 24.5. The molecule has 0 bridgehead atoms. The molecule has 3 aromatic rings. The number of carbonyl (C=O) groups excluding carboxylic acids is 1. The molecule has 2 heterocycles. The van der Waals surface area contributed by atoms with Crippen LogP contribution < -0.4 is 5.73 Å². The summed E-state index contributed by atoms with van der Waals surface area (Å²) in [5, 5.41) is -0.0973. The molecular weight excluding hydrogens is 486 g/mol. The highest BCUT2D eigenvalue weighted by Crippen LogP contribution is 2.38. The number of nitrogens with zero attached hydrogens (tertiary/aromatic N) is 2. The van der Waals surface area contributed by atoms with Crippen LogP contribution in [-0.4, -0.2) is 42.2 Å². The van der Waals surface area contributed by atoms with Gasteiger partial charge in [0.2, 0.25) is 0 Å². The van der Waals surface area contributed by atoms with E-state index in [2.05, 4.69) is 0 Å². The highest BCUT2D eigenvalue weighted by atomic mass is 35.5. The van der Waals surface area contributed by atoms with Gasteiger partial charge in [-0.3, -0.25) is 4.79 Å². The Bertz CT molecular complexity index is 1190. The van der Waals surface area contributed by atoms with Gasteiger partial charge >= 0.3 is 6.18 Å². The normalized spacial score (nSPS) is 14.9. The van der Waals surface area contributed by atoms with Crippen LogP contribution in [0.1, 0.15) is 45.8 Å². The first kappa shape index (κ1) is 27.0. The van der Waals surface area contributed by atoms with Crippen molar-refractivity contribution in [1.29, 1.82) is 0 Å². The van der Waals surface area contributed by atoms with Crippen molar-refractivity contribution in [1.82, 2.24) is 9.47 Å². The molecule has 35 heavy (non-hydrogen) atoms. The Kier molecular flexibility index (Phi) is 8.46. The lowest BCUT2D eigenvalue weighted by Gasteiger charge is -2.32. The van der Waals surface area contributed by atoms with Gasteiger partial charge in [-0.15, -0.1) is 12.4 Å². The zero-order valence-corrected chi connectivity index (χ0v) is 20.1. The summed E-state index contributed by atoms with van der Waals surface area (Å²) >= 11 is 0. The average Bonchev–Trinajstić information content (AvgIpc) is 3.20. The van der Waals surface area contributed by atoms with Crippen LogP contribution in [0.3, 0.4) is 0 Å². The lowest BCUT2D eigenvalue weighted by atomic mass is 9.88. The number of likely N-dealkylation sites (tertiary alicyclic amines) is 1. The fraction of sp³-hybridized carbons (Fsp3) is 0.400. The van der Waals surface area contributed by atoms with E-state index in [1.165, 1.54) is 25.4 Å². The first-order valence-corrected chi connectivity index (χ1v) is 11.2. The smallest absolute Gasteiger partial charge is 0.383 e. The number of hydrogen-bond donors (Lipinski definition) is 1. The van der Waals surface area contributed by atoms with E-state index in [0.29, 0.717) is 56.7 Å². The number of fused-ring (bicyclic) bond motifs is 1. The number of benzene rings is 2. The van der Waals surface area contributed by atoms with E-state index in [4.69, 9.17) is 10.5 Å². The Morgan fingerprint density at radius 3 is 2.51 bits per heavy atom. The van der Waals surface area contributed by atoms with Crippen LogP contribution in [0.15, 0.2) is 42.6 Å². The Balaban J connectivity index is 0.00000342. The van der Waals surface area contributed by atoms with Crippen molar-refractivity contribution in [2.24, 2.45) is 5.73 Å². The molecule has 1 saturated heterocycles. The van der Waals surface area contributed by atoms with Crippen molar-refractivity contribution in [3.63, 3.8) is 0 Å². The number of carbonyl (C=O) groups is 1. The van der Waals surface area contributed by atoms with Gasteiger partial charge in [0.15, 0.2) is 0 Å². The highest BCUT2D eigenvalue weighted by molar-refractivity contribution is 6.08. The second-order valence-electron chi connectivity index (χ2n) is 8.55. The molecule has 0 radical (unpaired) electrons. The van der Waals surface area contributed by atoms with E-state index in [-0.39, 0.29) is 35.1 Å². The minimum atomic E-state index is -4.60.